The van der Waals surface area contributed by atoms with Crippen molar-refractivity contribution in [3.63, 3.8) is 0 Å². The summed E-state index contributed by atoms with van der Waals surface area (Å²) in [5.74, 6) is 0. The molecule has 0 bridgehead atoms. The van der Waals surface area contributed by atoms with Gasteiger partial charge in [0.25, 0.3) is 0 Å². The Labute approximate surface area is 86.0 Å². The van der Waals surface area contributed by atoms with Crippen LogP contribution in [0, 0.1) is 11.3 Å². The lowest BCUT2D eigenvalue weighted by molar-refractivity contribution is 0.0118. The van der Waals surface area contributed by atoms with Crippen LogP contribution < -0.4 is 0 Å². The molecule has 4 heteroatoms. The van der Waals surface area contributed by atoms with E-state index in [0.29, 0.717) is 6.61 Å². The minimum Gasteiger partial charge on any atom is -0.377 e. The molecule has 0 saturated carbocycles. The quantitative estimate of drug-likeness (QED) is 0.644. The van der Waals surface area contributed by atoms with E-state index in [4.69, 9.17) is 10.00 Å². The second-order valence-electron chi connectivity index (χ2n) is 3.91. The van der Waals surface area contributed by atoms with Crippen molar-refractivity contribution < 1.29 is 4.74 Å². The lowest BCUT2D eigenvalue weighted by atomic mass is 10.2. The molecule has 1 aliphatic heterocycles. The van der Waals surface area contributed by atoms with Gasteiger partial charge in [0.2, 0.25) is 0 Å². The zero-order valence-corrected chi connectivity index (χ0v) is 9.07. The lowest BCUT2D eigenvalue weighted by Crippen LogP contribution is -2.45. The summed E-state index contributed by atoms with van der Waals surface area (Å²) in [7, 11) is 4.14. The zero-order chi connectivity index (χ0) is 10.4. The molecule has 80 valence electrons. The molecule has 1 rings (SSSR count). The topological polar surface area (TPSA) is 39.5 Å². The van der Waals surface area contributed by atoms with Gasteiger partial charge in [-0.15, -0.1) is 0 Å². The maximum atomic E-state index is 8.89. The Morgan fingerprint density at radius 2 is 2.36 bits per heavy atom. The van der Waals surface area contributed by atoms with Crippen LogP contribution in [0.5, 0.6) is 0 Å². The van der Waals surface area contributed by atoms with E-state index in [0.717, 1.165) is 32.7 Å². The van der Waals surface area contributed by atoms with Crippen LogP contribution in [-0.4, -0.2) is 62.8 Å². The van der Waals surface area contributed by atoms with Crippen LogP contribution in [0.15, 0.2) is 0 Å². The molecule has 0 aliphatic carbocycles. The van der Waals surface area contributed by atoms with Crippen molar-refractivity contribution in [1.82, 2.24) is 9.80 Å². The zero-order valence-electron chi connectivity index (χ0n) is 9.07. The fourth-order valence-corrected chi connectivity index (χ4v) is 1.61. The summed E-state index contributed by atoms with van der Waals surface area (Å²) in [5, 5.41) is 8.89. The Morgan fingerprint density at radius 1 is 1.57 bits per heavy atom. The van der Waals surface area contributed by atoms with Gasteiger partial charge in [0, 0.05) is 13.1 Å². The molecule has 1 atom stereocenters. The molecule has 1 fully saturated rings. The van der Waals surface area contributed by atoms with E-state index in [-0.39, 0.29) is 6.04 Å². The lowest BCUT2D eigenvalue weighted by Gasteiger charge is -2.31. The van der Waals surface area contributed by atoms with Crippen molar-refractivity contribution in [2.45, 2.75) is 12.5 Å². The first-order valence-corrected chi connectivity index (χ1v) is 5.10. The molecule has 1 aliphatic rings. The van der Waals surface area contributed by atoms with Crippen LogP contribution in [-0.2, 0) is 4.74 Å². The third-order valence-electron chi connectivity index (χ3n) is 2.44. The summed E-state index contributed by atoms with van der Waals surface area (Å²) in [6, 6.07) is 2.24. The maximum Gasteiger partial charge on any atom is 0.121 e. The summed E-state index contributed by atoms with van der Waals surface area (Å²) < 4.78 is 5.26. The SMILES string of the molecule is CN(C)CCCN1CCOCC1C#N. The average Bonchev–Trinajstić information content (AvgIpc) is 2.18. The fourth-order valence-electron chi connectivity index (χ4n) is 1.61. The van der Waals surface area contributed by atoms with Crippen LogP contribution in [0.4, 0.5) is 0 Å². The maximum absolute atomic E-state index is 8.89. The Kier molecular flexibility index (Phi) is 4.88. The molecule has 1 unspecified atom stereocenters. The van der Waals surface area contributed by atoms with Gasteiger partial charge in [0.1, 0.15) is 6.04 Å². The Bertz CT molecular complexity index is 200. The highest BCUT2D eigenvalue weighted by Crippen LogP contribution is 2.06. The van der Waals surface area contributed by atoms with Crippen LogP contribution in [0.25, 0.3) is 0 Å². The highest BCUT2D eigenvalue weighted by Gasteiger charge is 2.21. The third-order valence-corrected chi connectivity index (χ3v) is 2.44. The summed E-state index contributed by atoms with van der Waals surface area (Å²) >= 11 is 0. The molecule has 1 heterocycles. The van der Waals surface area contributed by atoms with Gasteiger partial charge in [-0.1, -0.05) is 0 Å². The largest absolute Gasteiger partial charge is 0.377 e. The first kappa shape index (κ1) is 11.4. The van der Waals surface area contributed by atoms with E-state index >= 15 is 0 Å². The number of ether oxygens (including phenoxy) is 1. The molecule has 0 spiro atoms. The van der Waals surface area contributed by atoms with Gasteiger partial charge in [-0.3, -0.25) is 4.90 Å². The monoisotopic (exact) mass is 197 g/mol. The highest BCUT2D eigenvalue weighted by atomic mass is 16.5. The van der Waals surface area contributed by atoms with Crippen molar-refractivity contribution >= 4 is 0 Å². The third kappa shape index (κ3) is 3.62. The smallest absolute Gasteiger partial charge is 0.121 e. The van der Waals surface area contributed by atoms with E-state index in [1.54, 1.807) is 0 Å². The Hall–Kier alpha value is -0.630. The van der Waals surface area contributed by atoms with Crippen LogP contribution in [0.2, 0.25) is 0 Å². The second-order valence-corrected chi connectivity index (χ2v) is 3.91. The van der Waals surface area contributed by atoms with E-state index in [2.05, 4.69) is 30.0 Å². The van der Waals surface area contributed by atoms with Crippen molar-refractivity contribution in [1.29, 1.82) is 5.26 Å². The first-order valence-electron chi connectivity index (χ1n) is 5.10. The molecule has 4 nitrogen and oxygen atoms in total. The van der Waals surface area contributed by atoms with Crippen molar-refractivity contribution in [3.05, 3.63) is 0 Å². The first-order chi connectivity index (χ1) is 6.74. The Balaban J connectivity index is 2.24. The van der Waals surface area contributed by atoms with Gasteiger partial charge < -0.3 is 9.64 Å². The summed E-state index contributed by atoms with van der Waals surface area (Å²) in [6.45, 7) is 4.31. The molecular formula is C10H19N3O. The van der Waals surface area contributed by atoms with E-state index in [9.17, 15) is 0 Å². The predicted molar refractivity (Wildman–Crippen MR) is 55.0 cm³/mol. The number of nitrogens with zero attached hydrogens (tertiary/aromatic N) is 3. The van der Waals surface area contributed by atoms with Gasteiger partial charge >= 0.3 is 0 Å². The van der Waals surface area contributed by atoms with Gasteiger partial charge in [0.15, 0.2) is 0 Å². The number of rotatable bonds is 4. The number of morpholine rings is 1. The Morgan fingerprint density at radius 3 is 3.00 bits per heavy atom. The van der Waals surface area contributed by atoms with Crippen molar-refractivity contribution in [2.75, 3.05) is 46.9 Å². The second kappa shape index (κ2) is 5.97. The molecule has 0 amide bonds. The molecule has 0 aromatic carbocycles. The molecule has 0 N–H and O–H groups in total. The molecule has 0 radical (unpaired) electrons. The molecule has 0 aromatic rings. The van der Waals surface area contributed by atoms with Crippen molar-refractivity contribution in [3.8, 4) is 6.07 Å². The fraction of sp³-hybridized carbons (Fsp3) is 0.900. The van der Waals surface area contributed by atoms with Gasteiger partial charge in [-0.05, 0) is 27.1 Å². The van der Waals surface area contributed by atoms with Gasteiger partial charge in [0.05, 0.1) is 19.3 Å². The molecule has 1 saturated heterocycles. The van der Waals surface area contributed by atoms with Gasteiger partial charge in [-0.2, -0.15) is 5.26 Å². The van der Waals surface area contributed by atoms with Crippen molar-refractivity contribution in [2.24, 2.45) is 0 Å². The van der Waals surface area contributed by atoms with E-state index in [1.807, 2.05) is 0 Å². The van der Waals surface area contributed by atoms with E-state index in [1.165, 1.54) is 0 Å². The predicted octanol–water partition coefficient (Wildman–Crippen LogP) is 0.162. The van der Waals surface area contributed by atoms with Crippen LogP contribution >= 0.6 is 0 Å². The normalized spacial score (nSPS) is 23.7. The minimum absolute atomic E-state index is 0.0362. The van der Waals surface area contributed by atoms with Gasteiger partial charge in [-0.25, -0.2) is 0 Å². The molecule has 14 heavy (non-hydrogen) atoms. The molecular weight excluding hydrogens is 178 g/mol. The minimum atomic E-state index is -0.0362. The standard InChI is InChI=1S/C10H19N3O/c1-12(2)4-3-5-13-6-7-14-9-10(13)8-11/h10H,3-7,9H2,1-2H3. The highest BCUT2D eigenvalue weighted by molar-refractivity contribution is 4.93. The summed E-state index contributed by atoms with van der Waals surface area (Å²) in [5.41, 5.74) is 0. The number of hydrogen-bond donors (Lipinski definition) is 0. The summed E-state index contributed by atoms with van der Waals surface area (Å²) in [4.78, 5) is 4.38. The average molecular weight is 197 g/mol. The number of hydrogen-bond acceptors (Lipinski definition) is 4. The van der Waals surface area contributed by atoms with Crippen LogP contribution in [0.3, 0.4) is 0 Å². The summed E-state index contributed by atoms with van der Waals surface area (Å²) in [6.07, 6.45) is 1.12. The van der Waals surface area contributed by atoms with E-state index < -0.39 is 0 Å². The van der Waals surface area contributed by atoms with Crippen LogP contribution in [0.1, 0.15) is 6.42 Å². The molecule has 0 aromatic heterocycles. The number of nitriles is 1.